The molecular weight excluding hydrogens is 292 g/mol. The van der Waals surface area contributed by atoms with E-state index in [-0.39, 0.29) is 18.5 Å². The van der Waals surface area contributed by atoms with Crippen LogP contribution in [0.25, 0.3) is 0 Å². The molecule has 0 aliphatic carbocycles. The molecule has 116 valence electrons. The first-order valence-electron chi connectivity index (χ1n) is 6.85. The minimum atomic E-state index is -0.664. The minimum absolute atomic E-state index is 0.183. The van der Waals surface area contributed by atoms with Gasteiger partial charge in [0.25, 0.3) is 0 Å². The molecule has 1 fully saturated rings. The third-order valence-electron chi connectivity index (χ3n) is 3.68. The van der Waals surface area contributed by atoms with Crippen LogP contribution in [0, 0.1) is 11.6 Å². The molecule has 1 saturated heterocycles. The smallest absolute Gasteiger partial charge is 0.229 e. The van der Waals surface area contributed by atoms with E-state index in [2.05, 4.69) is 9.97 Å². The summed E-state index contributed by atoms with van der Waals surface area (Å²) in [6, 6.07) is 4.35. The number of aromatic nitrogens is 2. The summed E-state index contributed by atoms with van der Waals surface area (Å²) in [6.07, 6.45) is 1.13. The number of hydrogen-bond acceptors (Lipinski definition) is 5. The van der Waals surface area contributed by atoms with Gasteiger partial charge in [0.1, 0.15) is 11.6 Å². The second-order valence-corrected chi connectivity index (χ2v) is 5.12. The Morgan fingerprint density at radius 2 is 2.14 bits per heavy atom. The van der Waals surface area contributed by atoms with E-state index in [9.17, 15) is 13.9 Å². The largest absolute Gasteiger partial charge is 0.481 e. The van der Waals surface area contributed by atoms with Crippen LogP contribution >= 0.6 is 0 Å². The zero-order valence-corrected chi connectivity index (χ0v) is 11.9. The number of methoxy groups -OCH3 is 1. The van der Waals surface area contributed by atoms with Gasteiger partial charge in [0.15, 0.2) is 0 Å². The van der Waals surface area contributed by atoms with E-state index in [1.807, 2.05) is 0 Å². The van der Waals surface area contributed by atoms with Crippen LogP contribution in [0.4, 0.5) is 14.7 Å². The Morgan fingerprint density at radius 1 is 1.32 bits per heavy atom. The summed E-state index contributed by atoms with van der Waals surface area (Å²) in [5.74, 6) is -0.368. The number of anilines is 1. The van der Waals surface area contributed by atoms with Crippen LogP contribution in [-0.4, -0.2) is 34.8 Å². The van der Waals surface area contributed by atoms with Gasteiger partial charge in [-0.05, 0) is 24.6 Å². The lowest BCUT2D eigenvalue weighted by molar-refractivity contribution is 0.194. The number of ether oxygens (including phenoxy) is 1. The van der Waals surface area contributed by atoms with Crippen LogP contribution in [0.3, 0.4) is 0 Å². The maximum Gasteiger partial charge on any atom is 0.229 e. The molecule has 5 nitrogen and oxygen atoms in total. The summed E-state index contributed by atoms with van der Waals surface area (Å²) >= 11 is 0. The Morgan fingerprint density at radius 3 is 2.91 bits per heavy atom. The van der Waals surface area contributed by atoms with E-state index < -0.39 is 23.8 Å². The van der Waals surface area contributed by atoms with Crippen molar-refractivity contribution in [1.29, 1.82) is 0 Å². The van der Waals surface area contributed by atoms with Gasteiger partial charge in [-0.3, -0.25) is 0 Å². The molecule has 3 rings (SSSR count). The van der Waals surface area contributed by atoms with Gasteiger partial charge in [0.2, 0.25) is 11.8 Å². The molecule has 1 aliphatic rings. The van der Waals surface area contributed by atoms with Crippen molar-refractivity contribution in [2.75, 3.05) is 18.6 Å². The zero-order chi connectivity index (χ0) is 15.7. The van der Waals surface area contributed by atoms with Gasteiger partial charge in [-0.2, -0.15) is 4.98 Å². The second-order valence-electron chi connectivity index (χ2n) is 5.12. The Kier molecular flexibility index (Phi) is 3.89. The summed E-state index contributed by atoms with van der Waals surface area (Å²) in [4.78, 5) is 10.00. The number of benzene rings is 1. The molecule has 2 heterocycles. The van der Waals surface area contributed by atoms with Crippen molar-refractivity contribution < 1.29 is 18.6 Å². The molecule has 1 aromatic carbocycles. The first-order chi connectivity index (χ1) is 10.6. The highest BCUT2D eigenvalue weighted by Gasteiger charge is 2.35. The van der Waals surface area contributed by atoms with Crippen LogP contribution in [0.1, 0.15) is 18.0 Å². The Labute approximate surface area is 126 Å². The van der Waals surface area contributed by atoms with Crippen molar-refractivity contribution in [1.82, 2.24) is 9.97 Å². The molecule has 0 amide bonds. The van der Waals surface area contributed by atoms with E-state index in [4.69, 9.17) is 4.74 Å². The molecule has 1 aromatic heterocycles. The first kappa shape index (κ1) is 14.6. The van der Waals surface area contributed by atoms with Crippen molar-refractivity contribution in [3.8, 4) is 5.88 Å². The number of aliphatic hydroxyl groups is 1. The van der Waals surface area contributed by atoms with Crippen LogP contribution < -0.4 is 9.64 Å². The summed E-state index contributed by atoms with van der Waals surface area (Å²) in [7, 11) is 1.48. The van der Waals surface area contributed by atoms with Gasteiger partial charge in [0.05, 0.1) is 19.3 Å². The van der Waals surface area contributed by atoms with Crippen LogP contribution in [0.2, 0.25) is 0 Å². The molecule has 2 aromatic rings. The van der Waals surface area contributed by atoms with E-state index >= 15 is 0 Å². The SMILES string of the molecule is COc1ccnc(N2C[C@@H](O)C[C@@H]2c2cc(F)ccc2F)n1. The number of hydrogen-bond donors (Lipinski definition) is 1. The van der Waals surface area contributed by atoms with Crippen molar-refractivity contribution in [2.24, 2.45) is 0 Å². The molecule has 0 spiro atoms. The highest BCUT2D eigenvalue weighted by molar-refractivity contribution is 5.41. The number of β-amino-alcohol motifs (C(OH)–C–C–N with tert-alkyl or cyclic N) is 1. The molecule has 7 heteroatoms. The Bertz CT molecular complexity index is 684. The summed E-state index contributed by atoms with van der Waals surface area (Å²) in [6.45, 7) is 0.244. The third-order valence-corrected chi connectivity index (χ3v) is 3.68. The molecule has 22 heavy (non-hydrogen) atoms. The second kappa shape index (κ2) is 5.84. The van der Waals surface area contributed by atoms with Gasteiger partial charge in [-0.25, -0.2) is 13.8 Å². The van der Waals surface area contributed by atoms with Crippen molar-refractivity contribution in [3.05, 3.63) is 47.7 Å². The van der Waals surface area contributed by atoms with Crippen molar-refractivity contribution in [2.45, 2.75) is 18.6 Å². The van der Waals surface area contributed by atoms with Crippen LogP contribution in [0.5, 0.6) is 5.88 Å². The number of halogens is 2. The van der Waals surface area contributed by atoms with Crippen LogP contribution in [0.15, 0.2) is 30.5 Å². The van der Waals surface area contributed by atoms with Crippen molar-refractivity contribution >= 4 is 5.95 Å². The lowest BCUT2D eigenvalue weighted by atomic mass is 10.0. The Balaban J connectivity index is 2.00. The lowest BCUT2D eigenvalue weighted by Gasteiger charge is -2.25. The molecule has 2 atom stereocenters. The van der Waals surface area contributed by atoms with E-state index in [0.717, 1.165) is 18.2 Å². The highest BCUT2D eigenvalue weighted by Crippen LogP contribution is 2.36. The average Bonchev–Trinajstić information content (AvgIpc) is 2.91. The van der Waals surface area contributed by atoms with Gasteiger partial charge in [0, 0.05) is 24.4 Å². The summed E-state index contributed by atoms with van der Waals surface area (Å²) in [5, 5.41) is 9.93. The number of aliphatic hydroxyl groups excluding tert-OH is 1. The molecule has 0 radical (unpaired) electrons. The van der Waals surface area contributed by atoms with Gasteiger partial charge < -0.3 is 14.7 Å². The molecular formula is C15H15F2N3O2. The first-order valence-corrected chi connectivity index (χ1v) is 6.85. The molecule has 0 bridgehead atoms. The highest BCUT2D eigenvalue weighted by atomic mass is 19.1. The quantitative estimate of drug-likeness (QED) is 0.941. The zero-order valence-electron chi connectivity index (χ0n) is 11.9. The van der Waals surface area contributed by atoms with E-state index in [0.29, 0.717) is 11.8 Å². The summed E-state index contributed by atoms with van der Waals surface area (Å²) in [5.41, 5.74) is 0.183. The predicted octanol–water partition coefficient (Wildman–Crippen LogP) is 2.08. The third kappa shape index (κ3) is 2.71. The van der Waals surface area contributed by atoms with E-state index in [1.165, 1.54) is 13.3 Å². The minimum Gasteiger partial charge on any atom is -0.481 e. The maximum absolute atomic E-state index is 14.0. The van der Waals surface area contributed by atoms with Crippen molar-refractivity contribution in [3.63, 3.8) is 0 Å². The predicted molar refractivity (Wildman–Crippen MR) is 75.7 cm³/mol. The fraction of sp³-hybridized carbons (Fsp3) is 0.333. The molecule has 1 aliphatic heterocycles. The average molecular weight is 307 g/mol. The fourth-order valence-corrected chi connectivity index (χ4v) is 2.68. The lowest BCUT2D eigenvalue weighted by Crippen LogP contribution is -2.26. The molecule has 0 saturated carbocycles. The van der Waals surface area contributed by atoms with E-state index in [1.54, 1.807) is 11.0 Å². The Hall–Kier alpha value is -2.28. The van der Waals surface area contributed by atoms with Crippen LogP contribution in [-0.2, 0) is 0 Å². The van der Waals surface area contributed by atoms with Gasteiger partial charge >= 0.3 is 0 Å². The normalized spacial score (nSPS) is 21.2. The standard InChI is InChI=1S/C15H15F2N3O2/c1-22-14-4-5-18-15(19-14)20-8-10(21)7-13(20)11-6-9(16)2-3-12(11)17/h2-6,10,13,21H,7-8H2,1H3/t10-,13+/m0/s1. The maximum atomic E-state index is 14.0. The topological polar surface area (TPSA) is 58.5 Å². The fourth-order valence-electron chi connectivity index (χ4n) is 2.68. The number of nitrogens with zero attached hydrogens (tertiary/aromatic N) is 3. The van der Waals surface area contributed by atoms with Gasteiger partial charge in [-0.1, -0.05) is 0 Å². The monoisotopic (exact) mass is 307 g/mol. The summed E-state index contributed by atoms with van der Waals surface area (Å²) < 4.78 is 32.5. The van der Waals surface area contributed by atoms with Gasteiger partial charge in [-0.15, -0.1) is 0 Å². The molecule has 0 unspecified atom stereocenters. The number of rotatable bonds is 3. The molecule has 1 N–H and O–H groups in total.